The molecule has 0 fully saturated rings. The zero-order chi connectivity index (χ0) is 19.3. The molecule has 1 aromatic carbocycles. The first-order chi connectivity index (χ1) is 12.2. The summed E-state index contributed by atoms with van der Waals surface area (Å²) in [5, 5.41) is 2.50. The third kappa shape index (κ3) is 4.95. The standard InChI is InChI=1S/C17H15F3N2O4/c1-26-16(25)12-4-2-11(3-5-12)8-21-14(23)10-22-9-13(17(18,19)20)6-7-15(22)24/h2-7,9H,8,10H2,1H3,(H,21,23). The van der Waals surface area contributed by atoms with E-state index in [-0.39, 0.29) is 6.54 Å². The van der Waals surface area contributed by atoms with Gasteiger partial charge in [0.1, 0.15) is 6.54 Å². The number of benzene rings is 1. The second-order valence-electron chi connectivity index (χ2n) is 5.35. The lowest BCUT2D eigenvalue weighted by atomic mass is 10.1. The predicted octanol–water partition coefficient (Wildman–Crippen LogP) is 1.97. The number of esters is 1. The smallest absolute Gasteiger partial charge is 0.417 e. The molecule has 0 spiro atoms. The average molecular weight is 368 g/mol. The number of ether oxygens (including phenoxy) is 1. The molecule has 0 aliphatic carbocycles. The Labute approximate surface area is 146 Å². The summed E-state index contributed by atoms with van der Waals surface area (Å²) in [5.74, 6) is -1.12. The first kappa shape index (κ1) is 19.2. The Hall–Kier alpha value is -3.10. The van der Waals surface area contributed by atoms with Crippen molar-refractivity contribution in [3.63, 3.8) is 0 Å². The van der Waals surface area contributed by atoms with Crippen LogP contribution >= 0.6 is 0 Å². The molecule has 26 heavy (non-hydrogen) atoms. The van der Waals surface area contributed by atoms with Gasteiger partial charge in [0, 0.05) is 18.8 Å². The monoisotopic (exact) mass is 368 g/mol. The first-order valence-electron chi connectivity index (χ1n) is 7.42. The molecular weight excluding hydrogens is 353 g/mol. The summed E-state index contributed by atoms with van der Waals surface area (Å²) in [5.41, 5.74) is -0.709. The highest BCUT2D eigenvalue weighted by Crippen LogP contribution is 2.27. The zero-order valence-corrected chi connectivity index (χ0v) is 13.7. The SMILES string of the molecule is COC(=O)c1ccc(CNC(=O)Cn2cc(C(F)(F)F)ccc2=O)cc1. The summed E-state index contributed by atoms with van der Waals surface area (Å²) >= 11 is 0. The molecule has 0 bridgehead atoms. The highest BCUT2D eigenvalue weighted by molar-refractivity contribution is 5.89. The zero-order valence-electron chi connectivity index (χ0n) is 13.7. The number of methoxy groups -OCH3 is 1. The van der Waals surface area contributed by atoms with Crippen LogP contribution in [0.15, 0.2) is 47.4 Å². The average Bonchev–Trinajstić information content (AvgIpc) is 2.60. The van der Waals surface area contributed by atoms with Gasteiger partial charge in [-0.3, -0.25) is 9.59 Å². The van der Waals surface area contributed by atoms with E-state index in [2.05, 4.69) is 10.1 Å². The van der Waals surface area contributed by atoms with Gasteiger partial charge in [-0.2, -0.15) is 13.2 Å². The van der Waals surface area contributed by atoms with Crippen LogP contribution in [0.5, 0.6) is 0 Å². The number of alkyl halides is 3. The lowest BCUT2D eigenvalue weighted by Gasteiger charge is -2.11. The molecule has 0 saturated carbocycles. The van der Waals surface area contributed by atoms with Crippen LogP contribution in [0.2, 0.25) is 0 Å². The van der Waals surface area contributed by atoms with Crippen LogP contribution in [-0.4, -0.2) is 23.6 Å². The van der Waals surface area contributed by atoms with Crippen molar-refractivity contribution in [1.82, 2.24) is 9.88 Å². The molecule has 6 nitrogen and oxygen atoms in total. The summed E-state index contributed by atoms with van der Waals surface area (Å²) in [4.78, 5) is 34.8. The summed E-state index contributed by atoms with van der Waals surface area (Å²) in [6.07, 6.45) is -4.00. The van der Waals surface area contributed by atoms with E-state index in [0.29, 0.717) is 28.0 Å². The van der Waals surface area contributed by atoms with Crippen LogP contribution in [0.25, 0.3) is 0 Å². The van der Waals surface area contributed by atoms with Gasteiger partial charge in [0.05, 0.1) is 18.2 Å². The van der Waals surface area contributed by atoms with Crippen molar-refractivity contribution in [2.45, 2.75) is 19.3 Å². The summed E-state index contributed by atoms with van der Waals surface area (Å²) < 4.78 is 43.3. The number of rotatable bonds is 5. The molecule has 1 heterocycles. The molecule has 1 amide bonds. The number of carbonyl (C=O) groups is 2. The van der Waals surface area contributed by atoms with E-state index in [1.54, 1.807) is 12.1 Å². The van der Waals surface area contributed by atoms with Gasteiger partial charge in [0.2, 0.25) is 5.91 Å². The van der Waals surface area contributed by atoms with Crippen LogP contribution in [0, 0.1) is 0 Å². The second kappa shape index (κ2) is 7.85. The molecule has 2 aromatic rings. The van der Waals surface area contributed by atoms with Crippen molar-refractivity contribution in [3.8, 4) is 0 Å². The van der Waals surface area contributed by atoms with Crippen LogP contribution in [0.4, 0.5) is 13.2 Å². The Morgan fingerprint density at radius 3 is 2.35 bits per heavy atom. The van der Waals surface area contributed by atoms with Crippen LogP contribution < -0.4 is 10.9 Å². The largest absolute Gasteiger partial charge is 0.465 e. The van der Waals surface area contributed by atoms with Crippen molar-refractivity contribution in [3.05, 3.63) is 69.6 Å². The number of pyridine rings is 1. The van der Waals surface area contributed by atoms with Crippen molar-refractivity contribution in [2.75, 3.05) is 7.11 Å². The van der Waals surface area contributed by atoms with Crippen molar-refractivity contribution in [1.29, 1.82) is 0 Å². The van der Waals surface area contributed by atoms with Gasteiger partial charge in [-0.05, 0) is 23.8 Å². The number of hydrogen-bond donors (Lipinski definition) is 1. The number of halogens is 3. The molecule has 0 aliphatic rings. The molecule has 1 aromatic heterocycles. The molecule has 0 saturated heterocycles. The maximum atomic E-state index is 12.7. The van der Waals surface area contributed by atoms with E-state index in [0.717, 1.165) is 6.07 Å². The van der Waals surface area contributed by atoms with Crippen molar-refractivity contribution < 1.29 is 27.5 Å². The Bertz CT molecular complexity index is 858. The first-order valence-corrected chi connectivity index (χ1v) is 7.42. The topological polar surface area (TPSA) is 77.4 Å². The number of nitrogens with zero attached hydrogens (tertiary/aromatic N) is 1. The number of amides is 1. The number of nitrogens with one attached hydrogen (secondary N) is 1. The quantitative estimate of drug-likeness (QED) is 0.819. The number of hydrogen-bond acceptors (Lipinski definition) is 4. The minimum Gasteiger partial charge on any atom is -0.465 e. The Morgan fingerprint density at radius 1 is 1.12 bits per heavy atom. The minimum atomic E-state index is -4.60. The normalized spacial score (nSPS) is 11.1. The molecule has 9 heteroatoms. The van der Waals surface area contributed by atoms with Gasteiger partial charge >= 0.3 is 12.1 Å². The van der Waals surface area contributed by atoms with Gasteiger partial charge < -0.3 is 14.6 Å². The predicted molar refractivity (Wildman–Crippen MR) is 85.3 cm³/mol. The molecule has 2 rings (SSSR count). The van der Waals surface area contributed by atoms with E-state index in [1.807, 2.05) is 0 Å². The molecular formula is C17H15F3N2O4. The maximum Gasteiger partial charge on any atom is 0.417 e. The van der Waals surface area contributed by atoms with E-state index < -0.39 is 35.7 Å². The van der Waals surface area contributed by atoms with Crippen molar-refractivity contribution >= 4 is 11.9 Å². The fourth-order valence-electron chi connectivity index (χ4n) is 2.11. The third-order valence-electron chi connectivity index (χ3n) is 3.49. The summed E-state index contributed by atoms with van der Waals surface area (Å²) in [7, 11) is 1.26. The van der Waals surface area contributed by atoms with Gasteiger partial charge in [0.25, 0.3) is 5.56 Å². The molecule has 138 valence electrons. The molecule has 0 unspecified atom stereocenters. The highest BCUT2D eigenvalue weighted by Gasteiger charge is 2.31. The molecule has 0 atom stereocenters. The fraction of sp³-hybridized carbons (Fsp3) is 0.235. The summed E-state index contributed by atoms with van der Waals surface area (Å²) in [6.45, 7) is -0.447. The highest BCUT2D eigenvalue weighted by atomic mass is 19.4. The molecule has 0 radical (unpaired) electrons. The Balaban J connectivity index is 1.99. The minimum absolute atomic E-state index is 0.0913. The fourth-order valence-corrected chi connectivity index (χ4v) is 2.11. The van der Waals surface area contributed by atoms with Gasteiger partial charge in [-0.15, -0.1) is 0 Å². The van der Waals surface area contributed by atoms with E-state index >= 15 is 0 Å². The van der Waals surface area contributed by atoms with E-state index in [9.17, 15) is 27.6 Å². The van der Waals surface area contributed by atoms with Gasteiger partial charge in [-0.25, -0.2) is 4.79 Å². The van der Waals surface area contributed by atoms with Gasteiger partial charge in [-0.1, -0.05) is 12.1 Å². The molecule has 0 aliphatic heterocycles. The van der Waals surface area contributed by atoms with Gasteiger partial charge in [0.15, 0.2) is 0 Å². The number of carbonyl (C=O) groups excluding carboxylic acids is 2. The van der Waals surface area contributed by atoms with Crippen LogP contribution in [-0.2, 0) is 28.8 Å². The lowest BCUT2D eigenvalue weighted by Crippen LogP contribution is -2.32. The number of aromatic nitrogens is 1. The lowest BCUT2D eigenvalue weighted by molar-refractivity contribution is -0.138. The summed E-state index contributed by atoms with van der Waals surface area (Å²) in [6, 6.07) is 7.67. The van der Waals surface area contributed by atoms with Crippen LogP contribution in [0.3, 0.4) is 0 Å². The maximum absolute atomic E-state index is 12.7. The Kier molecular flexibility index (Phi) is 5.81. The third-order valence-corrected chi connectivity index (χ3v) is 3.49. The molecule has 1 N–H and O–H groups in total. The van der Waals surface area contributed by atoms with Crippen LogP contribution in [0.1, 0.15) is 21.5 Å². The second-order valence-corrected chi connectivity index (χ2v) is 5.35. The van der Waals surface area contributed by atoms with Crippen molar-refractivity contribution in [2.24, 2.45) is 0 Å². The van der Waals surface area contributed by atoms with E-state index in [1.165, 1.54) is 19.2 Å². The Morgan fingerprint density at radius 2 is 1.77 bits per heavy atom. The van der Waals surface area contributed by atoms with E-state index in [4.69, 9.17) is 0 Å².